The summed E-state index contributed by atoms with van der Waals surface area (Å²) in [5, 5.41) is 10.7. The van der Waals surface area contributed by atoms with Gasteiger partial charge in [0.05, 0.1) is 12.4 Å². The van der Waals surface area contributed by atoms with Gasteiger partial charge in [0.1, 0.15) is 5.75 Å². The standard InChI is InChI=1S/C19H26N4O2S/c1-12-6-4-5-7-16(12)20-18(24)13(2)26-19-21-17(22-23-19)14-8-10-15(25-3)11-9-14/h8-13,16H,4-7H2,1-3H3,(H,20,24)(H,21,22,23). The average molecular weight is 375 g/mol. The first-order valence-electron chi connectivity index (χ1n) is 9.10. The first-order chi connectivity index (χ1) is 12.6. The van der Waals surface area contributed by atoms with Crippen molar-refractivity contribution in [3.8, 4) is 17.1 Å². The molecule has 3 atom stereocenters. The summed E-state index contributed by atoms with van der Waals surface area (Å²) in [6, 6.07) is 7.90. The molecule has 1 amide bonds. The number of aromatic amines is 1. The van der Waals surface area contributed by atoms with Crippen LogP contribution in [0.3, 0.4) is 0 Å². The average Bonchev–Trinajstić information content (AvgIpc) is 3.12. The molecule has 1 aliphatic carbocycles. The van der Waals surface area contributed by atoms with E-state index in [4.69, 9.17) is 4.74 Å². The highest BCUT2D eigenvalue weighted by Gasteiger charge is 2.25. The number of nitrogens with zero attached hydrogens (tertiary/aromatic N) is 2. The fourth-order valence-electron chi connectivity index (χ4n) is 3.22. The third kappa shape index (κ3) is 4.58. The number of ether oxygens (including phenoxy) is 1. The molecule has 0 aliphatic heterocycles. The van der Waals surface area contributed by atoms with Crippen LogP contribution in [0.1, 0.15) is 39.5 Å². The van der Waals surface area contributed by atoms with E-state index >= 15 is 0 Å². The second kappa shape index (κ2) is 8.58. The van der Waals surface area contributed by atoms with Gasteiger partial charge < -0.3 is 10.1 Å². The van der Waals surface area contributed by atoms with E-state index in [-0.39, 0.29) is 11.2 Å². The molecule has 1 aromatic heterocycles. The number of benzene rings is 1. The minimum atomic E-state index is -0.233. The molecule has 1 heterocycles. The number of carbonyl (C=O) groups is 1. The van der Waals surface area contributed by atoms with Crippen LogP contribution in [-0.4, -0.2) is 39.5 Å². The minimum absolute atomic E-state index is 0.0598. The summed E-state index contributed by atoms with van der Waals surface area (Å²) >= 11 is 1.37. The number of aromatic nitrogens is 3. The Kier molecular flexibility index (Phi) is 6.19. The van der Waals surface area contributed by atoms with E-state index in [0.29, 0.717) is 22.9 Å². The fourth-order valence-corrected chi connectivity index (χ4v) is 3.95. The van der Waals surface area contributed by atoms with E-state index in [9.17, 15) is 4.79 Å². The second-order valence-corrected chi connectivity index (χ2v) is 8.14. The van der Waals surface area contributed by atoms with Crippen molar-refractivity contribution in [2.75, 3.05) is 7.11 Å². The molecule has 0 bridgehead atoms. The molecular formula is C19H26N4O2S. The Morgan fingerprint density at radius 2 is 2.04 bits per heavy atom. The molecule has 1 saturated carbocycles. The van der Waals surface area contributed by atoms with E-state index in [1.807, 2.05) is 31.2 Å². The Bertz CT molecular complexity index is 731. The number of carbonyl (C=O) groups excluding carboxylic acids is 1. The summed E-state index contributed by atoms with van der Waals surface area (Å²) < 4.78 is 5.16. The maximum atomic E-state index is 12.5. The monoisotopic (exact) mass is 374 g/mol. The fraction of sp³-hybridized carbons (Fsp3) is 0.526. The van der Waals surface area contributed by atoms with Gasteiger partial charge in [0.2, 0.25) is 11.1 Å². The summed E-state index contributed by atoms with van der Waals surface area (Å²) in [7, 11) is 1.64. The molecule has 2 N–H and O–H groups in total. The number of H-pyrrole nitrogens is 1. The van der Waals surface area contributed by atoms with Gasteiger partial charge in [-0.05, 0) is 49.9 Å². The Hall–Kier alpha value is -2.02. The summed E-state index contributed by atoms with van der Waals surface area (Å²) in [5.41, 5.74) is 0.929. The largest absolute Gasteiger partial charge is 0.497 e. The van der Waals surface area contributed by atoms with Gasteiger partial charge in [0, 0.05) is 11.6 Å². The molecule has 3 rings (SSSR count). The zero-order valence-electron chi connectivity index (χ0n) is 15.5. The van der Waals surface area contributed by atoms with E-state index in [1.165, 1.54) is 31.0 Å². The third-order valence-electron chi connectivity index (χ3n) is 4.92. The molecule has 0 radical (unpaired) electrons. The predicted molar refractivity (Wildman–Crippen MR) is 103 cm³/mol. The molecule has 2 aromatic rings. The first kappa shape index (κ1) is 18.8. The van der Waals surface area contributed by atoms with Crippen molar-refractivity contribution < 1.29 is 9.53 Å². The molecule has 7 heteroatoms. The number of amides is 1. The van der Waals surface area contributed by atoms with Crippen LogP contribution in [0.15, 0.2) is 29.4 Å². The Balaban J connectivity index is 1.58. The van der Waals surface area contributed by atoms with Gasteiger partial charge in [-0.3, -0.25) is 9.89 Å². The van der Waals surface area contributed by atoms with Crippen LogP contribution in [0.5, 0.6) is 5.75 Å². The summed E-state index contributed by atoms with van der Waals surface area (Å²) in [4.78, 5) is 17.0. The lowest BCUT2D eigenvalue weighted by molar-refractivity contribution is -0.121. The van der Waals surface area contributed by atoms with Gasteiger partial charge in [-0.1, -0.05) is 31.5 Å². The van der Waals surface area contributed by atoms with Gasteiger partial charge in [-0.15, -0.1) is 5.10 Å². The quantitative estimate of drug-likeness (QED) is 0.755. The van der Waals surface area contributed by atoms with Crippen LogP contribution in [0, 0.1) is 5.92 Å². The summed E-state index contributed by atoms with van der Waals surface area (Å²) in [5.74, 6) is 2.09. The lowest BCUT2D eigenvalue weighted by Crippen LogP contribution is -2.44. The lowest BCUT2D eigenvalue weighted by atomic mass is 9.86. The Labute approximate surface area is 158 Å². The smallest absolute Gasteiger partial charge is 0.233 e. The SMILES string of the molecule is COc1ccc(-c2nc(SC(C)C(=O)NC3CCCCC3C)n[nH]2)cc1. The zero-order chi connectivity index (χ0) is 18.5. The molecule has 1 aromatic carbocycles. The number of methoxy groups -OCH3 is 1. The maximum Gasteiger partial charge on any atom is 0.233 e. The van der Waals surface area contributed by atoms with E-state index in [0.717, 1.165) is 17.7 Å². The number of hydrogen-bond donors (Lipinski definition) is 2. The van der Waals surface area contributed by atoms with Gasteiger partial charge >= 0.3 is 0 Å². The molecule has 6 nitrogen and oxygen atoms in total. The maximum absolute atomic E-state index is 12.5. The molecule has 140 valence electrons. The predicted octanol–water partition coefficient (Wildman–Crippen LogP) is 3.66. The molecule has 0 saturated heterocycles. The van der Waals surface area contributed by atoms with Gasteiger partial charge in [-0.2, -0.15) is 0 Å². The van der Waals surface area contributed by atoms with Crippen molar-refractivity contribution >= 4 is 17.7 Å². The van der Waals surface area contributed by atoms with Crippen molar-refractivity contribution in [2.24, 2.45) is 5.92 Å². The van der Waals surface area contributed by atoms with Gasteiger partial charge in [-0.25, -0.2) is 4.98 Å². The van der Waals surface area contributed by atoms with Crippen molar-refractivity contribution in [3.63, 3.8) is 0 Å². The highest BCUT2D eigenvalue weighted by molar-refractivity contribution is 8.00. The third-order valence-corrected chi connectivity index (χ3v) is 5.88. The van der Waals surface area contributed by atoms with Gasteiger partial charge in [0.25, 0.3) is 0 Å². The van der Waals surface area contributed by atoms with Crippen molar-refractivity contribution in [3.05, 3.63) is 24.3 Å². The van der Waals surface area contributed by atoms with Crippen molar-refractivity contribution in [2.45, 2.75) is 56.0 Å². The Morgan fingerprint density at radius 1 is 1.31 bits per heavy atom. The Morgan fingerprint density at radius 3 is 2.73 bits per heavy atom. The number of nitrogens with one attached hydrogen (secondary N) is 2. The lowest BCUT2D eigenvalue weighted by Gasteiger charge is -2.30. The number of thioether (sulfide) groups is 1. The van der Waals surface area contributed by atoms with Crippen molar-refractivity contribution in [1.29, 1.82) is 0 Å². The van der Waals surface area contributed by atoms with Crippen LogP contribution in [0.4, 0.5) is 0 Å². The molecule has 0 spiro atoms. The van der Waals surface area contributed by atoms with Gasteiger partial charge in [0.15, 0.2) is 5.82 Å². The van der Waals surface area contributed by atoms with Crippen LogP contribution >= 0.6 is 11.8 Å². The van der Waals surface area contributed by atoms with Crippen LogP contribution in [0.25, 0.3) is 11.4 Å². The first-order valence-corrected chi connectivity index (χ1v) is 9.98. The highest BCUT2D eigenvalue weighted by Crippen LogP contribution is 2.26. The van der Waals surface area contributed by atoms with E-state index in [2.05, 4.69) is 27.4 Å². The molecular weight excluding hydrogens is 348 g/mol. The molecule has 26 heavy (non-hydrogen) atoms. The normalized spacial score (nSPS) is 21.2. The molecule has 1 aliphatic rings. The second-order valence-electron chi connectivity index (χ2n) is 6.83. The number of hydrogen-bond acceptors (Lipinski definition) is 5. The summed E-state index contributed by atoms with van der Waals surface area (Å²) in [6.45, 7) is 4.12. The van der Waals surface area contributed by atoms with Crippen LogP contribution < -0.4 is 10.1 Å². The number of rotatable bonds is 6. The highest BCUT2D eigenvalue weighted by atomic mass is 32.2. The minimum Gasteiger partial charge on any atom is -0.497 e. The summed E-state index contributed by atoms with van der Waals surface area (Å²) in [6.07, 6.45) is 4.73. The topological polar surface area (TPSA) is 79.9 Å². The van der Waals surface area contributed by atoms with E-state index in [1.54, 1.807) is 7.11 Å². The molecule has 1 fully saturated rings. The van der Waals surface area contributed by atoms with Crippen LogP contribution in [-0.2, 0) is 4.79 Å². The zero-order valence-corrected chi connectivity index (χ0v) is 16.3. The van der Waals surface area contributed by atoms with Crippen LogP contribution in [0.2, 0.25) is 0 Å². The van der Waals surface area contributed by atoms with E-state index < -0.39 is 0 Å². The van der Waals surface area contributed by atoms with Crippen molar-refractivity contribution in [1.82, 2.24) is 20.5 Å². The molecule has 3 unspecified atom stereocenters.